The summed E-state index contributed by atoms with van der Waals surface area (Å²) in [5.41, 5.74) is 0. The van der Waals surface area contributed by atoms with Crippen LogP contribution in [0.3, 0.4) is 0 Å². The molecule has 1 rings (SSSR count). The van der Waals surface area contributed by atoms with Gasteiger partial charge in [0.25, 0.3) is 0 Å². The van der Waals surface area contributed by atoms with Crippen LogP contribution in [0.1, 0.15) is 13.8 Å². The second kappa shape index (κ2) is 2.48. The lowest BCUT2D eigenvalue weighted by atomic mass is 10.1. The summed E-state index contributed by atoms with van der Waals surface area (Å²) in [6.45, 7) is 3.81. The van der Waals surface area contributed by atoms with Crippen molar-refractivity contribution >= 4 is 10.4 Å². The SMILES string of the molecule is C[C@@H]1COS(=O)(=O)O[C@@H]1C. The first kappa shape index (κ1) is 7.97. The lowest BCUT2D eigenvalue weighted by Gasteiger charge is -2.24. The Hall–Kier alpha value is -0.130. The standard InChI is InChI=1S/C5H10O4S/c1-4-3-8-10(6,7)9-5(4)2/h4-5H,3H2,1-2H3/t4-,5-/m1/s1. The van der Waals surface area contributed by atoms with Crippen LogP contribution in [-0.2, 0) is 18.8 Å². The topological polar surface area (TPSA) is 52.6 Å². The molecule has 1 heterocycles. The highest BCUT2D eigenvalue weighted by Crippen LogP contribution is 2.18. The zero-order valence-corrected chi connectivity index (χ0v) is 6.72. The third-order valence-corrected chi connectivity index (χ3v) is 2.51. The highest BCUT2D eigenvalue weighted by Gasteiger charge is 2.28. The molecule has 0 N–H and O–H groups in total. The van der Waals surface area contributed by atoms with Gasteiger partial charge in [0.15, 0.2) is 0 Å². The van der Waals surface area contributed by atoms with E-state index in [4.69, 9.17) is 0 Å². The summed E-state index contributed by atoms with van der Waals surface area (Å²) in [6.07, 6.45) is -0.265. The molecule has 0 radical (unpaired) electrons. The van der Waals surface area contributed by atoms with Crippen molar-refractivity contribution in [2.75, 3.05) is 6.61 Å². The summed E-state index contributed by atoms with van der Waals surface area (Å²) in [5, 5.41) is 0. The molecule has 0 spiro atoms. The van der Waals surface area contributed by atoms with Gasteiger partial charge in [-0.3, -0.25) is 0 Å². The van der Waals surface area contributed by atoms with Crippen LogP contribution in [0.15, 0.2) is 0 Å². The van der Waals surface area contributed by atoms with Gasteiger partial charge < -0.3 is 0 Å². The van der Waals surface area contributed by atoms with Crippen LogP contribution in [0.4, 0.5) is 0 Å². The van der Waals surface area contributed by atoms with E-state index >= 15 is 0 Å². The molecule has 4 nitrogen and oxygen atoms in total. The molecule has 1 fully saturated rings. The summed E-state index contributed by atoms with van der Waals surface area (Å²) in [5.74, 6) is 0.142. The van der Waals surface area contributed by atoms with E-state index in [-0.39, 0.29) is 18.6 Å². The maximum atomic E-state index is 10.6. The largest absolute Gasteiger partial charge is 0.400 e. The molecule has 0 aromatic heterocycles. The molecule has 0 aliphatic carbocycles. The molecule has 0 aromatic rings. The van der Waals surface area contributed by atoms with Crippen molar-refractivity contribution in [1.29, 1.82) is 0 Å². The Bertz CT molecular complexity index is 208. The predicted molar refractivity (Wildman–Crippen MR) is 34.6 cm³/mol. The van der Waals surface area contributed by atoms with Crippen molar-refractivity contribution in [1.82, 2.24) is 0 Å². The molecular formula is C5H10O4S. The van der Waals surface area contributed by atoms with Crippen LogP contribution in [0.2, 0.25) is 0 Å². The third kappa shape index (κ3) is 1.68. The highest BCUT2D eigenvalue weighted by molar-refractivity contribution is 7.81. The number of hydrogen-bond donors (Lipinski definition) is 0. The van der Waals surface area contributed by atoms with Crippen LogP contribution >= 0.6 is 0 Å². The molecule has 10 heavy (non-hydrogen) atoms. The average molecular weight is 166 g/mol. The van der Waals surface area contributed by atoms with E-state index in [0.717, 1.165) is 0 Å². The van der Waals surface area contributed by atoms with Gasteiger partial charge in [-0.25, -0.2) is 8.37 Å². The summed E-state index contributed by atoms with van der Waals surface area (Å²) in [7, 11) is -3.66. The van der Waals surface area contributed by atoms with E-state index in [1.54, 1.807) is 6.92 Å². The van der Waals surface area contributed by atoms with E-state index < -0.39 is 10.4 Å². The monoisotopic (exact) mass is 166 g/mol. The van der Waals surface area contributed by atoms with Gasteiger partial charge in [0.05, 0.1) is 12.7 Å². The molecule has 0 saturated carbocycles. The minimum atomic E-state index is -3.66. The first-order valence-corrected chi connectivity index (χ1v) is 4.42. The number of rotatable bonds is 0. The molecule has 5 heteroatoms. The Morgan fingerprint density at radius 2 is 2.00 bits per heavy atom. The summed E-state index contributed by atoms with van der Waals surface area (Å²) in [6, 6.07) is 0. The molecule has 60 valence electrons. The van der Waals surface area contributed by atoms with Crippen molar-refractivity contribution in [3.05, 3.63) is 0 Å². The van der Waals surface area contributed by atoms with Crippen molar-refractivity contribution in [2.24, 2.45) is 5.92 Å². The molecule has 0 bridgehead atoms. The lowest BCUT2D eigenvalue weighted by molar-refractivity contribution is 0.0548. The zero-order valence-electron chi connectivity index (χ0n) is 5.90. The fourth-order valence-electron chi connectivity index (χ4n) is 0.635. The smallest absolute Gasteiger partial charge is 0.248 e. The summed E-state index contributed by atoms with van der Waals surface area (Å²) in [4.78, 5) is 0. The molecule has 2 atom stereocenters. The Morgan fingerprint density at radius 3 is 2.40 bits per heavy atom. The van der Waals surface area contributed by atoms with Crippen molar-refractivity contribution < 1.29 is 16.8 Å². The van der Waals surface area contributed by atoms with Gasteiger partial charge in [0, 0.05) is 5.92 Å². The van der Waals surface area contributed by atoms with Gasteiger partial charge in [-0.15, -0.1) is 0 Å². The fourth-order valence-corrected chi connectivity index (χ4v) is 1.63. The van der Waals surface area contributed by atoms with Gasteiger partial charge >= 0.3 is 10.4 Å². The van der Waals surface area contributed by atoms with Gasteiger partial charge in [0.2, 0.25) is 0 Å². The fraction of sp³-hybridized carbons (Fsp3) is 1.00. The first-order valence-electron chi connectivity index (χ1n) is 3.09. The summed E-state index contributed by atoms with van der Waals surface area (Å²) < 4.78 is 30.1. The van der Waals surface area contributed by atoms with Crippen molar-refractivity contribution in [3.63, 3.8) is 0 Å². The Balaban J connectivity index is 2.66. The minimum Gasteiger partial charge on any atom is -0.248 e. The molecule has 0 unspecified atom stereocenters. The van der Waals surface area contributed by atoms with Gasteiger partial charge in [0.1, 0.15) is 0 Å². The van der Waals surface area contributed by atoms with Crippen LogP contribution in [0.25, 0.3) is 0 Å². The van der Waals surface area contributed by atoms with Crippen LogP contribution in [0.5, 0.6) is 0 Å². The van der Waals surface area contributed by atoms with Gasteiger partial charge in [-0.2, -0.15) is 8.42 Å². The van der Waals surface area contributed by atoms with Crippen LogP contribution in [-0.4, -0.2) is 21.1 Å². The minimum absolute atomic E-state index is 0.142. The second-order valence-electron chi connectivity index (χ2n) is 2.47. The van der Waals surface area contributed by atoms with Gasteiger partial charge in [-0.05, 0) is 6.92 Å². The van der Waals surface area contributed by atoms with E-state index in [2.05, 4.69) is 8.37 Å². The Labute approximate surface area is 60.5 Å². The number of hydrogen-bond acceptors (Lipinski definition) is 4. The zero-order chi connectivity index (χ0) is 7.78. The normalized spacial score (nSPS) is 39.4. The summed E-state index contributed by atoms with van der Waals surface area (Å²) >= 11 is 0. The Morgan fingerprint density at radius 1 is 1.40 bits per heavy atom. The maximum absolute atomic E-state index is 10.6. The molecular weight excluding hydrogens is 156 g/mol. The quantitative estimate of drug-likeness (QED) is 0.519. The molecule has 1 aliphatic heterocycles. The predicted octanol–water partition coefficient (Wildman–Crippen LogP) is 0.303. The van der Waals surface area contributed by atoms with Gasteiger partial charge in [-0.1, -0.05) is 6.92 Å². The van der Waals surface area contributed by atoms with E-state index in [9.17, 15) is 8.42 Å². The molecule has 1 saturated heterocycles. The van der Waals surface area contributed by atoms with E-state index in [1.165, 1.54) is 0 Å². The maximum Gasteiger partial charge on any atom is 0.400 e. The van der Waals surface area contributed by atoms with Crippen molar-refractivity contribution in [3.8, 4) is 0 Å². The Kier molecular flexibility index (Phi) is 1.98. The van der Waals surface area contributed by atoms with Crippen molar-refractivity contribution in [2.45, 2.75) is 20.0 Å². The average Bonchev–Trinajstić information content (AvgIpc) is 1.79. The molecule has 1 aliphatic rings. The lowest BCUT2D eigenvalue weighted by Crippen LogP contribution is -2.33. The third-order valence-electron chi connectivity index (χ3n) is 1.55. The van der Waals surface area contributed by atoms with E-state index in [0.29, 0.717) is 0 Å². The second-order valence-corrected chi connectivity index (χ2v) is 3.72. The molecule has 0 aromatic carbocycles. The highest BCUT2D eigenvalue weighted by atomic mass is 32.3. The molecule has 0 amide bonds. The van der Waals surface area contributed by atoms with E-state index in [1.807, 2.05) is 6.92 Å². The van der Waals surface area contributed by atoms with Crippen LogP contribution in [0, 0.1) is 5.92 Å². The van der Waals surface area contributed by atoms with Crippen LogP contribution < -0.4 is 0 Å². The first-order chi connectivity index (χ1) is 4.51.